The van der Waals surface area contributed by atoms with Gasteiger partial charge in [-0.2, -0.15) is 0 Å². The molecule has 2 aromatic carbocycles. The first-order valence-corrected chi connectivity index (χ1v) is 9.93. The highest BCUT2D eigenvalue weighted by atomic mass is 35.5. The zero-order valence-electron chi connectivity index (χ0n) is 13.9. The van der Waals surface area contributed by atoms with Crippen LogP contribution in [0.25, 0.3) is 0 Å². The van der Waals surface area contributed by atoms with Crippen molar-refractivity contribution >= 4 is 33.0 Å². The maximum absolute atomic E-state index is 13.2. The van der Waals surface area contributed by atoms with E-state index in [0.717, 1.165) is 11.1 Å². The lowest BCUT2D eigenvalue weighted by Crippen LogP contribution is -2.41. The van der Waals surface area contributed by atoms with Gasteiger partial charge in [-0.1, -0.05) is 28.8 Å². The number of benzene rings is 2. The van der Waals surface area contributed by atoms with Gasteiger partial charge < -0.3 is 4.90 Å². The summed E-state index contributed by atoms with van der Waals surface area (Å²) in [5.74, 6) is -0.354. The van der Waals surface area contributed by atoms with Crippen molar-refractivity contribution in [1.82, 2.24) is 0 Å². The van der Waals surface area contributed by atoms with E-state index < -0.39 is 15.9 Å². The van der Waals surface area contributed by atoms with E-state index in [0.29, 0.717) is 16.3 Å². The van der Waals surface area contributed by atoms with Gasteiger partial charge in [-0.25, -0.2) is 8.42 Å². The first kappa shape index (κ1) is 17.7. The molecule has 0 unspecified atom stereocenters. The molecule has 25 heavy (non-hydrogen) atoms. The molecule has 1 amide bonds. The average Bonchev–Trinajstić information content (AvgIpc) is 2.88. The Labute approximate surface area is 152 Å². The second-order valence-corrected chi connectivity index (χ2v) is 8.62. The minimum absolute atomic E-state index is 0.119. The number of sulfone groups is 1. The van der Waals surface area contributed by atoms with Crippen LogP contribution >= 0.6 is 11.6 Å². The monoisotopic (exact) mass is 375 g/mol. The van der Waals surface area contributed by atoms with E-state index in [-0.39, 0.29) is 11.7 Å². The second kappa shape index (κ2) is 6.65. The summed E-state index contributed by atoms with van der Waals surface area (Å²) in [6, 6.07) is 11.9. The van der Waals surface area contributed by atoms with Crippen molar-refractivity contribution in [2.75, 3.05) is 10.7 Å². The van der Waals surface area contributed by atoms with Gasteiger partial charge in [0.25, 0.3) is 5.91 Å². The van der Waals surface area contributed by atoms with Gasteiger partial charge in [0.15, 0.2) is 9.84 Å². The van der Waals surface area contributed by atoms with E-state index in [2.05, 4.69) is 0 Å². The van der Waals surface area contributed by atoms with Crippen LogP contribution in [0.5, 0.6) is 0 Å². The maximum Gasteiger partial charge on any atom is 0.258 e. The molecule has 0 N–H and O–H groups in total. The molecule has 1 heterocycles. The van der Waals surface area contributed by atoms with E-state index in [1.54, 1.807) is 30.3 Å². The third-order valence-electron chi connectivity index (χ3n) is 4.04. The predicted molar refractivity (Wildman–Crippen MR) is 101 cm³/mol. The maximum atomic E-state index is 13.2. The van der Waals surface area contributed by atoms with E-state index in [9.17, 15) is 13.2 Å². The minimum atomic E-state index is -3.29. The number of carbonyl (C=O) groups is 1. The molecule has 4 nitrogen and oxygen atoms in total. The van der Waals surface area contributed by atoms with Crippen LogP contribution in [0.1, 0.15) is 21.5 Å². The molecule has 0 saturated heterocycles. The Kier molecular flexibility index (Phi) is 4.71. The summed E-state index contributed by atoms with van der Waals surface area (Å²) in [5.41, 5.74) is 3.11. The zero-order valence-corrected chi connectivity index (χ0v) is 15.5. The number of amides is 1. The van der Waals surface area contributed by atoms with E-state index in [1.165, 1.54) is 10.3 Å². The molecule has 0 fully saturated rings. The summed E-state index contributed by atoms with van der Waals surface area (Å²) < 4.78 is 23.7. The first-order chi connectivity index (χ1) is 11.7. The molecule has 1 aliphatic rings. The topological polar surface area (TPSA) is 54.5 Å². The Balaban J connectivity index is 2.06. The number of carbonyl (C=O) groups excluding carboxylic acids is 1. The van der Waals surface area contributed by atoms with Gasteiger partial charge in [0.05, 0.1) is 11.8 Å². The fourth-order valence-corrected chi connectivity index (χ4v) is 4.41. The lowest BCUT2D eigenvalue weighted by Gasteiger charge is -2.28. The van der Waals surface area contributed by atoms with Crippen molar-refractivity contribution in [2.24, 2.45) is 0 Å². The summed E-state index contributed by atoms with van der Waals surface area (Å²) in [7, 11) is -3.29. The number of halogens is 1. The summed E-state index contributed by atoms with van der Waals surface area (Å²) in [6.07, 6.45) is 1.56. The number of rotatable bonds is 3. The molecule has 0 bridgehead atoms. The molecule has 130 valence electrons. The lowest BCUT2D eigenvalue weighted by atomic mass is 10.1. The van der Waals surface area contributed by atoms with E-state index in [4.69, 9.17) is 11.6 Å². The summed E-state index contributed by atoms with van der Waals surface area (Å²) in [5, 5.41) is 1.73. The lowest BCUT2D eigenvalue weighted by molar-refractivity contribution is 0.0983. The molecule has 0 spiro atoms. The van der Waals surface area contributed by atoms with Gasteiger partial charge in [0.2, 0.25) is 0 Å². The minimum Gasteiger partial charge on any atom is -0.300 e. The van der Waals surface area contributed by atoms with E-state index in [1.807, 2.05) is 32.0 Å². The highest BCUT2D eigenvalue weighted by molar-refractivity contribution is 7.94. The molecule has 0 radical (unpaired) electrons. The van der Waals surface area contributed by atoms with Crippen LogP contribution < -0.4 is 4.90 Å². The second-order valence-electron chi connectivity index (χ2n) is 6.25. The fourth-order valence-electron chi connectivity index (χ4n) is 3.02. The Bertz CT molecular complexity index is 929. The quantitative estimate of drug-likeness (QED) is 0.817. The highest BCUT2D eigenvalue weighted by Gasteiger charge is 2.32. The van der Waals surface area contributed by atoms with Crippen LogP contribution in [-0.4, -0.2) is 26.1 Å². The van der Waals surface area contributed by atoms with Gasteiger partial charge in [-0.3, -0.25) is 4.79 Å². The first-order valence-electron chi connectivity index (χ1n) is 7.83. The molecule has 0 aromatic heterocycles. The Morgan fingerprint density at radius 2 is 1.68 bits per heavy atom. The molecule has 1 aliphatic heterocycles. The SMILES string of the molecule is Cc1cc(C)cc(C(=O)N(c2ccc(Cl)cc2)[C@H]2C=CS(=O)(=O)C2)c1. The van der Waals surface area contributed by atoms with Crippen molar-refractivity contribution in [2.45, 2.75) is 19.9 Å². The van der Waals surface area contributed by atoms with Gasteiger partial charge >= 0.3 is 0 Å². The zero-order chi connectivity index (χ0) is 18.2. The van der Waals surface area contributed by atoms with Crippen molar-refractivity contribution < 1.29 is 13.2 Å². The van der Waals surface area contributed by atoms with Crippen molar-refractivity contribution in [1.29, 1.82) is 0 Å². The number of hydrogen-bond acceptors (Lipinski definition) is 3. The number of hydrogen-bond donors (Lipinski definition) is 0. The Hall–Kier alpha value is -2.11. The average molecular weight is 376 g/mol. The van der Waals surface area contributed by atoms with Gasteiger partial charge in [-0.15, -0.1) is 0 Å². The Morgan fingerprint density at radius 3 is 2.20 bits per heavy atom. The van der Waals surface area contributed by atoms with E-state index >= 15 is 0 Å². The van der Waals surface area contributed by atoms with Crippen LogP contribution in [0.2, 0.25) is 5.02 Å². The van der Waals surface area contributed by atoms with Crippen LogP contribution in [0.15, 0.2) is 53.9 Å². The molecule has 0 aliphatic carbocycles. The third-order valence-corrected chi connectivity index (χ3v) is 5.66. The number of aryl methyl sites for hydroxylation is 2. The third kappa shape index (κ3) is 3.94. The molecule has 0 saturated carbocycles. The standard InChI is InChI=1S/C19H18ClNO3S/c1-13-9-14(2)11-15(10-13)19(22)21(17-5-3-16(20)4-6-17)18-7-8-25(23,24)12-18/h3-11,18H,12H2,1-2H3/t18-/m0/s1. The summed E-state index contributed by atoms with van der Waals surface area (Å²) >= 11 is 5.95. The number of nitrogens with zero attached hydrogens (tertiary/aromatic N) is 1. The number of anilines is 1. The molecule has 2 aromatic rings. The highest BCUT2D eigenvalue weighted by Crippen LogP contribution is 2.27. The van der Waals surface area contributed by atoms with Crippen LogP contribution in [-0.2, 0) is 9.84 Å². The van der Waals surface area contributed by atoms with Crippen LogP contribution in [0.4, 0.5) is 5.69 Å². The van der Waals surface area contributed by atoms with Crippen LogP contribution in [0, 0.1) is 13.8 Å². The van der Waals surface area contributed by atoms with Gasteiger partial charge in [0, 0.05) is 21.7 Å². The molecule has 3 rings (SSSR count). The fraction of sp³-hybridized carbons (Fsp3) is 0.211. The molecule has 1 atom stereocenters. The largest absolute Gasteiger partial charge is 0.300 e. The molecule has 6 heteroatoms. The van der Waals surface area contributed by atoms with Crippen molar-refractivity contribution in [3.8, 4) is 0 Å². The molecular formula is C19H18ClNO3S. The summed E-state index contributed by atoms with van der Waals surface area (Å²) in [6.45, 7) is 3.85. The molecular weight excluding hydrogens is 358 g/mol. The predicted octanol–water partition coefficient (Wildman–Crippen LogP) is 3.91. The van der Waals surface area contributed by atoms with Gasteiger partial charge in [-0.05, 0) is 56.3 Å². The normalized spacial score (nSPS) is 18.3. The van der Waals surface area contributed by atoms with Crippen molar-refractivity contribution in [3.63, 3.8) is 0 Å². The summed E-state index contributed by atoms with van der Waals surface area (Å²) in [4.78, 5) is 14.7. The Morgan fingerprint density at radius 1 is 1.08 bits per heavy atom. The van der Waals surface area contributed by atoms with Crippen LogP contribution in [0.3, 0.4) is 0 Å². The van der Waals surface area contributed by atoms with Crippen molar-refractivity contribution in [3.05, 3.63) is 75.7 Å². The smallest absolute Gasteiger partial charge is 0.258 e. The van der Waals surface area contributed by atoms with Gasteiger partial charge in [0.1, 0.15) is 0 Å².